The summed E-state index contributed by atoms with van der Waals surface area (Å²) in [6.07, 6.45) is 1.66. The number of phenolic OH excluding ortho intramolecular Hbond substituents is 1. The van der Waals surface area contributed by atoms with Crippen molar-refractivity contribution in [2.75, 3.05) is 26.7 Å². The fraction of sp³-hybridized carbons (Fsp3) is 0.417. The first-order valence-corrected chi connectivity index (χ1v) is 5.36. The van der Waals surface area contributed by atoms with Gasteiger partial charge in [-0.1, -0.05) is 13.0 Å². The van der Waals surface area contributed by atoms with E-state index in [1.54, 1.807) is 18.3 Å². The van der Waals surface area contributed by atoms with Crippen LogP contribution in [0.15, 0.2) is 23.2 Å². The fourth-order valence-corrected chi connectivity index (χ4v) is 1.29. The van der Waals surface area contributed by atoms with E-state index in [1.165, 1.54) is 7.11 Å². The van der Waals surface area contributed by atoms with Crippen LogP contribution in [0.1, 0.15) is 12.5 Å². The first-order chi connectivity index (χ1) is 7.79. The molecule has 2 N–H and O–H groups in total. The third kappa shape index (κ3) is 3.55. The minimum Gasteiger partial charge on any atom is -0.504 e. The molecule has 0 aliphatic heterocycles. The molecule has 0 amide bonds. The van der Waals surface area contributed by atoms with Crippen molar-refractivity contribution >= 4 is 6.21 Å². The number of rotatable bonds is 6. The molecular weight excluding hydrogens is 204 g/mol. The van der Waals surface area contributed by atoms with Crippen molar-refractivity contribution in [1.29, 1.82) is 0 Å². The zero-order chi connectivity index (χ0) is 11.8. The van der Waals surface area contributed by atoms with Gasteiger partial charge in [0.2, 0.25) is 0 Å². The summed E-state index contributed by atoms with van der Waals surface area (Å²) in [6, 6.07) is 5.34. The second kappa shape index (κ2) is 6.85. The predicted molar refractivity (Wildman–Crippen MR) is 65.7 cm³/mol. The third-order valence-corrected chi connectivity index (χ3v) is 2.15. The Morgan fingerprint density at radius 2 is 2.31 bits per heavy atom. The Kier molecular flexibility index (Phi) is 5.36. The van der Waals surface area contributed by atoms with Crippen molar-refractivity contribution in [3.63, 3.8) is 0 Å². The van der Waals surface area contributed by atoms with Gasteiger partial charge in [0.05, 0.1) is 13.7 Å². The molecule has 4 heteroatoms. The molecule has 0 fully saturated rings. The summed E-state index contributed by atoms with van der Waals surface area (Å²) in [6.45, 7) is 4.54. The molecule has 0 radical (unpaired) electrons. The van der Waals surface area contributed by atoms with Crippen molar-refractivity contribution in [1.82, 2.24) is 5.32 Å². The Bertz CT molecular complexity index is 351. The summed E-state index contributed by atoms with van der Waals surface area (Å²) in [4.78, 5) is 4.21. The van der Waals surface area contributed by atoms with Crippen LogP contribution in [0, 0.1) is 0 Å². The van der Waals surface area contributed by atoms with E-state index in [4.69, 9.17) is 4.74 Å². The summed E-state index contributed by atoms with van der Waals surface area (Å²) < 4.78 is 5.01. The van der Waals surface area contributed by atoms with E-state index in [1.807, 2.05) is 6.07 Å². The number of aliphatic imine (C=N–C) groups is 1. The highest BCUT2D eigenvalue weighted by molar-refractivity contribution is 5.84. The summed E-state index contributed by atoms with van der Waals surface area (Å²) in [7, 11) is 1.53. The van der Waals surface area contributed by atoms with Crippen LogP contribution in [0.25, 0.3) is 0 Å². The smallest absolute Gasteiger partial charge is 0.166 e. The second-order valence-electron chi connectivity index (χ2n) is 3.29. The molecule has 1 aromatic rings. The Morgan fingerprint density at radius 1 is 1.50 bits per heavy atom. The van der Waals surface area contributed by atoms with Gasteiger partial charge in [-0.05, 0) is 18.7 Å². The van der Waals surface area contributed by atoms with E-state index in [0.717, 1.165) is 13.1 Å². The SMILES string of the molecule is CCNCCN=Cc1cccc(OC)c1O. The van der Waals surface area contributed by atoms with Gasteiger partial charge >= 0.3 is 0 Å². The number of likely N-dealkylation sites (N-methyl/N-ethyl adjacent to an activating group) is 1. The maximum Gasteiger partial charge on any atom is 0.166 e. The Hall–Kier alpha value is -1.55. The lowest BCUT2D eigenvalue weighted by atomic mass is 10.2. The number of methoxy groups -OCH3 is 1. The number of aromatic hydroxyl groups is 1. The fourth-order valence-electron chi connectivity index (χ4n) is 1.29. The van der Waals surface area contributed by atoms with Gasteiger partial charge in [0.15, 0.2) is 11.5 Å². The molecule has 0 spiro atoms. The predicted octanol–water partition coefficient (Wildman–Crippen LogP) is 1.43. The summed E-state index contributed by atoms with van der Waals surface area (Å²) in [5.41, 5.74) is 0.677. The monoisotopic (exact) mass is 222 g/mol. The van der Waals surface area contributed by atoms with Crippen LogP contribution in [-0.4, -0.2) is 38.1 Å². The van der Waals surface area contributed by atoms with Gasteiger partial charge in [0.25, 0.3) is 0 Å². The summed E-state index contributed by atoms with van der Waals surface area (Å²) >= 11 is 0. The topological polar surface area (TPSA) is 53.9 Å². The maximum atomic E-state index is 9.76. The maximum absolute atomic E-state index is 9.76. The normalized spacial score (nSPS) is 10.9. The Morgan fingerprint density at radius 3 is 3.00 bits per heavy atom. The molecule has 1 rings (SSSR count). The minimum absolute atomic E-state index is 0.136. The standard InChI is InChI=1S/C12H18N2O2/c1-3-13-7-8-14-9-10-5-4-6-11(16-2)12(10)15/h4-6,9,13,15H,3,7-8H2,1-2H3. The number of nitrogens with zero attached hydrogens (tertiary/aromatic N) is 1. The van der Waals surface area contributed by atoms with Crippen molar-refractivity contribution in [3.05, 3.63) is 23.8 Å². The third-order valence-electron chi connectivity index (χ3n) is 2.15. The molecule has 16 heavy (non-hydrogen) atoms. The van der Waals surface area contributed by atoms with Crippen molar-refractivity contribution in [2.24, 2.45) is 4.99 Å². The first kappa shape index (κ1) is 12.5. The molecule has 0 heterocycles. The molecule has 0 saturated carbocycles. The number of hydrogen-bond acceptors (Lipinski definition) is 4. The molecule has 0 unspecified atom stereocenters. The van der Waals surface area contributed by atoms with Crippen molar-refractivity contribution in [2.45, 2.75) is 6.92 Å². The van der Waals surface area contributed by atoms with Crippen LogP contribution in [0.4, 0.5) is 0 Å². The van der Waals surface area contributed by atoms with E-state index < -0.39 is 0 Å². The number of para-hydroxylation sites is 1. The molecular formula is C12H18N2O2. The lowest BCUT2D eigenvalue weighted by Crippen LogP contribution is -2.16. The van der Waals surface area contributed by atoms with Crippen LogP contribution in [-0.2, 0) is 0 Å². The molecule has 88 valence electrons. The Labute approximate surface area is 96.0 Å². The highest BCUT2D eigenvalue weighted by Crippen LogP contribution is 2.27. The molecule has 0 aromatic heterocycles. The van der Waals surface area contributed by atoms with Crippen LogP contribution < -0.4 is 10.1 Å². The quantitative estimate of drug-likeness (QED) is 0.565. The molecule has 0 saturated heterocycles. The number of nitrogens with one attached hydrogen (secondary N) is 1. The van der Waals surface area contributed by atoms with Crippen LogP contribution in [0.5, 0.6) is 11.5 Å². The van der Waals surface area contributed by atoms with Gasteiger partial charge in [-0.2, -0.15) is 0 Å². The molecule has 1 aromatic carbocycles. The minimum atomic E-state index is 0.136. The van der Waals surface area contributed by atoms with Gasteiger partial charge in [-0.3, -0.25) is 4.99 Å². The van der Waals surface area contributed by atoms with E-state index in [-0.39, 0.29) is 5.75 Å². The molecule has 0 bridgehead atoms. The van der Waals surface area contributed by atoms with Crippen molar-refractivity contribution in [3.8, 4) is 11.5 Å². The Balaban J connectivity index is 2.59. The number of benzene rings is 1. The van der Waals surface area contributed by atoms with Gasteiger partial charge in [-0.25, -0.2) is 0 Å². The van der Waals surface area contributed by atoms with Crippen molar-refractivity contribution < 1.29 is 9.84 Å². The lowest BCUT2D eigenvalue weighted by Gasteiger charge is -2.04. The molecule has 0 aliphatic rings. The lowest BCUT2D eigenvalue weighted by molar-refractivity contribution is 0.373. The highest BCUT2D eigenvalue weighted by atomic mass is 16.5. The van der Waals surface area contributed by atoms with Crippen LogP contribution >= 0.6 is 0 Å². The number of phenols is 1. The number of ether oxygens (including phenoxy) is 1. The zero-order valence-corrected chi connectivity index (χ0v) is 9.73. The largest absolute Gasteiger partial charge is 0.504 e. The highest BCUT2D eigenvalue weighted by Gasteiger charge is 2.03. The zero-order valence-electron chi connectivity index (χ0n) is 9.73. The second-order valence-corrected chi connectivity index (χ2v) is 3.29. The van der Waals surface area contributed by atoms with E-state index >= 15 is 0 Å². The van der Waals surface area contributed by atoms with Gasteiger partial charge < -0.3 is 15.2 Å². The van der Waals surface area contributed by atoms with E-state index in [2.05, 4.69) is 17.2 Å². The average molecular weight is 222 g/mol. The first-order valence-electron chi connectivity index (χ1n) is 5.36. The van der Waals surface area contributed by atoms with Gasteiger partial charge in [0, 0.05) is 18.3 Å². The molecule has 0 atom stereocenters. The molecule has 0 aliphatic carbocycles. The van der Waals surface area contributed by atoms with Crippen LogP contribution in [0.3, 0.4) is 0 Å². The van der Waals surface area contributed by atoms with Gasteiger partial charge in [0.1, 0.15) is 0 Å². The van der Waals surface area contributed by atoms with Gasteiger partial charge in [-0.15, -0.1) is 0 Å². The summed E-state index contributed by atoms with van der Waals surface area (Å²) in [5.74, 6) is 0.604. The molecule has 4 nitrogen and oxygen atoms in total. The number of hydrogen-bond donors (Lipinski definition) is 2. The summed E-state index contributed by atoms with van der Waals surface area (Å²) in [5, 5.41) is 12.9. The van der Waals surface area contributed by atoms with E-state index in [0.29, 0.717) is 17.9 Å². The van der Waals surface area contributed by atoms with Crippen LogP contribution in [0.2, 0.25) is 0 Å². The van der Waals surface area contributed by atoms with E-state index in [9.17, 15) is 5.11 Å². The average Bonchev–Trinajstić information content (AvgIpc) is 2.31.